The third-order valence-electron chi connectivity index (χ3n) is 3.44. The molecule has 0 saturated carbocycles. The van der Waals surface area contributed by atoms with Crippen LogP contribution in [0, 0.1) is 0 Å². The lowest BCUT2D eigenvalue weighted by Gasteiger charge is -2.11. The summed E-state index contributed by atoms with van der Waals surface area (Å²) < 4.78 is 5.84. The predicted molar refractivity (Wildman–Crippen MR) is 82.7 cm³/mol. The summed E-state index contributed by atoms with van der Waals surface area (Å²) in [4.78, 5) is 1.35. The quantitative estimate of drug-likeness (QED) is 0.605. The zero-order chi connectivity index (χ0) is 13.5. The minimum Gasteiger partial charge on any atom is -0.374 e. The second-order valence-electron chi connectivity index (χ2n) is 5.28. The van der Waals surface area contributed by atoms with Crippen molar-refractivity contribution in [1.82, 2.24) is 5.32 Å². The van der Waals surface area contributed by atoms with Gasteiger partial charge in [0.1, 0.15) is 0 Å². The van der Waals surface area contributed by atoms with Crippen LogP contribution in [0.15, 0.2) is 29.2 Å². The van der Waals surface area contributed by atoms with E-state index >= 15 is 0 Å². The SMILES string of the molecule is CCCNCc1ccc(SCC2CCC(C)O2)cc1. The van der Waals surface area contributed by atoms with Gasteiger partial charge in [0.25, 0.3) is 0 Å². The molecule has 1 fully saturated rings. The Bertz CT molecular complexity index is 366. The van der Waals surface area contributed by atoms with Crippen LogP contribution in [0.4, 0.5) is 0 Å². The van der Waals surface area contributed by atoms with Gasteiger partial charge in [0.05, 0.1) is 12.2 Å². The van der Waals surface area contributed by atoms with Crippen molar-refractivity contribution < 1.29 is 4.74 Å². The Morgan fingerprint density at radius 3 is 2.68 bits per heavy atom. The van der Waals surface area contributed by atoms with Crippen LogP contribution in [-0.4, -0.2) is 24.5 Å². The first kappa shape index (κ1) is 14.9. The standard InChI is InChI=1S/C16H25NOS/c1-3-10-17-11-14-5-8-16(9-6-14)19-12-15-7-4-13(2)18-15/h5-6,8-9,13,15,17H,3-4,7,10-12H2,1-2H3. The van der Waals surface area contributed by atoms with Gasteiger partial charge in [-0.3, -0.25) is 0 Å². The van der Waals surface area contributed by atoms with Crippen molar-refractivity contribution in [3.05, 3.63) is 29.8 Å². The molecule has 106 valence electrons. The molecule has 0 aromatic heterocycles. The van der Waals surface area contributed by atoms with Crippen LogP contribution in [0.2, 0.25) is 0 Å². The minimum atomic E-state index is 0.450. The summed E-state index contributed by atoms with van der Waals surface area (Å²) in [5.74, 6) is 1.08. The first-order valence-electron chi connectivity index (χ1n) is 7.36. The van der Waals surface area contributed by atoms with E-state index in [2.05, 4.69) is 43.4 Å². The molecule has 0 spiro atoms. The lowest BCUT2D eigenvalue weighted by molar-refractivity contribution is 0.0700. The minimum absolute atomic E-state index is 0.450. The maximum Gasteiger partial charge on any atom is 0.0673 e. The highest BCUT2D eigenvalue weighted by Crippen LogP contribution is 2.26. The van der Waals surface area contributed by atoms with Gasteiger partial charge >= 0.3 is 0 Å². The Morgan fingerprint density at radius 1 is 1.26 bits per heavy atom. The Labute approximate surface area is 121 Å². The van der Waals surface area contributed by atoms with E-state index in [4.69, 9.17) is 4.74 Å². The van der Waals surface area contributed by atoms with Crippen molar-refractivity contribution in [3.8, 4) is 0 Å². The molecule has 0 radical (unpaired) electrons. The van der Waals surface area contributed by atoms with Gasteiger partial charge in [-0.25, -0.2) is 0 Å². The van der Waals surface area contributed by atoms with Crippen LogP contribution in [-0.2, 0) is 11.3 Å². The van der Waals surface area contributed by atoms with E-state index in [0.29, 0.717) is 12.2 Å². The highest BCUT2D eigenvalue weighted by atomic mass is 32.2. The molecule has 19 heavy (non-hydrogen) atoms. The fraction of sp³-hybridized carbons (Fsp3) is 0.625. The van der Waals surface area contributed by atoms with Crippen molar-refractivity contribution in [2.24, 2.45) is 0 Å². The zero-order valence-corrected chi connectivity index (χ0v) is 12.8. The monoisotopic (exact) mass is 279 g/mol. The summed E-state index contributed by atoms with van der Waals surface area (Å²) in [5, 5.41) is 3.43. The van der Waals surface area contributed by atoms with E-state index in [0.717, 1.165) is 18.8 Å². The smallest absolute Gasteiger partial charge is 0.0673 e. The van der Waals surface area contributed by atoms with Crippen LogP contribution in [0.1, 0.15) is 38.7 Å². The van der Waals surface area contributed by atoms with Crippen LogP contribution in [0.5, 0.6) is 0 Å². The Hall–Kier alpha value is -0.510. The summed E-state index contributed by atoms with van der Waals surface area (Å²) in [6, 6.07) is 8.91. The van der Waals surface area contributed by atoms with Crippen molar-refractivity contribution in [1.29, 1.82) is 0 Å². The average molecular weight is 279 g/mol. The zero-order valence-electron chi connectivity index (χ0n) is 12.0. The highest BCUT2D eigenvalue weighted by molar-refractivity contribution is 7.99. The van der Waals surface area contributed by atoms with E-state index in [1.165, 1.54) is 29.7 Å². The third-order valence-corrected chi connectivity index (χ3v) is 4.58. The van der Waals surface area contributed by atoms with Crippen LogP contribution in [0.25, 0.3) is 0 Å². The molecule has 1 heterocycles. The van der Waals surface area contributed by atoms with Gasteiger partial charge in [-0.15, -0.1) is 11.8 Å². The number of ether oxygens (including phenoxy) is 1. The average Bonchev–Trinajstić information content (AvgIpc) is 2.84. The van der Waals surface area contributed by atoms with Gasteiger partial charge in [-0.05, 0) is 50.4 Å². The topological polar surface area (TPSA) is 21.3 Å². The van der Waals surface area contributed by atoms with Gasteiger partial charge < -0.3 is 10.1 Å². The number of hydrogen-bond donors (Lipinski definition) is 1. The molecule has 0 aliphatic carbocycles. The molecule has 1 aliphatic heterocycles. The molecule has 1 aromatic carbocycles. The fourth-order valence-corrected chi connectivity index (χ4v) is 3.26. The van der Waals surface area contributed by atoms with Crippen LogP contribution in [0.3, 0.4) is 0 Å². The summed E-state index contributed by atoms with van der Waals surface area (Å²) >= 11 is 1.91. The third kappa shape index (κ3) is 5.17. The molecule has 2 rings (SSSR count). The molecular weight excluding hydrogens is 254 g/mol. The molecule has 1 saturated heterocycles. The lowest BCUT2D eigenvalue weighted by atomic mass is 10.2. The molecule has 0 bridgehead atoms. The Balaban J connectivity index is 1.72. The summed E-state index contributed by atoms with van der Waals surface area (Å²) in [5.41, 5.74) is 1.36. The fourth-order valence-electron chi connectivity index (χ4n) is 2.31. The predicted octanol–water partition coefficient (Wildman–Crippen LogP) is 3.85. The second-order valence-corrected chi connectivity index (χ2v) is 6.37. The summed E-state index contributed by atoms with van der Waals surface area (Å²) in [6.45, 7) is 6.43. The van der Waals surface area contributed by atoms with Gasteiger partial charge in [-0.1, -0.05) is 19.1 Å². The number of rotatable bonds is 7. The molecule has 1 N–H and O–H groups in total. The van der Waals surface area contributed by atoms with Gasteiger partial charge in [0.15, 0.2) is 0 Å². The van der Waals surface area contributed by atoms with Crippen LogP contribution < -0.4 is 5.32 Å². The highest BCUT2D eigenvalue weighted by Gasteiger charge is 2.21. The first-order valence-corrected chi connectivity index (χ1v) is 8.34. The number of thioether (sulfide) groups is 1. The Kier molecular flexibility index (Phi) is 6.21. The summed E-state index contributed by atoms with van der Waals surface area (Å²) in [7, 11) is 0. The molecular formula is C16H25NOS. The second kappa shape index (κ2) is 7.93. The van der Waals surface area contributed by atoms with Gasteiger partial charge in [0, 0.05) is 17.2 Å². The van der Waals surface area contributed by atoms with Crippen molar-refractivity contribution in [2.75, 3.05) is 12.3 Å². The van der Waals surface area contributed by atoms with Crippen molar-refractivity contribution in [3.63, 3.8) is 0 Å². The van der Waals surface area contributed by atoms with E-state index in [1.54, 1.807) is 0 Å². The van der Waals surface area contributed by atoms with E-state index in [-0.39, 0.29) is 0 Å². The van der Waals surface area contributed by atoms with Crippen LogP contribution >= 0.6 is 11.8 Å². The number of benzene rings is 1. The molecule has 1 aromatic rings. The lowest BCUT2D eigenvalue weighted by Crippen LogP contribution is -2.13. The molecule has 2 unspecified atom stereocenters. The molecule has 0 amide bonds. The van der Waals surface area contributed by atoms with E-state index < -0.39 is 0 Å². The largest absolute Gasteiger partial charge is 0.374 e. The molecule has 1 aliphatic rings. The maximum atomic E-state index is 5.84. The number of hydrogen-bond acceptors (Lipinski definition) is 3. The maximum absolute atomic E-state index is 5.84. The number of nitrogens with one attached hydrogen (secondary N) is 1. The van der Waals surface area contributed by atoms with Crippen molar-refractivity contribution >= 4 is 11.8 Å². The van der Waals surface area contributed by atoms with Gasteiger partial charge in [0.2, 0.25) is 0 Å². The van der Waals surface area contributed by atoms with Gasteiger partial charge in [-0.2, -0.15) is 0 Å². The molecule has 3 heteroatoms. The first-order chi connectivity index (χ1) is 9.28. The summed E-state index contributed by atoms with van der Waals surface area (Å²) in [6.07, 6.45) is 4.53. The normalized spacial score (nSPS) is 22.8. The Morgan fingerprint density at radius 2 is 2.05 bits per heavy atom. The molecule has 2 atom stereocenters. The molecule has 2 nitrogen and oxygen atoms in total. The van der Waals surface area contributed by atoms with E-state index in [1.807, 2.05) is 11.8 Å². The van der Waals surface area contributed by atoms with E-state index in [9.17, 15) is 0 Å². The van der Waals surface area contributed by atoms with Crippen molar-refractivity contribution in [2.45, 2.75) is 56.8 Å².